The van der Waals surface area contributed by atoms with Crippen LogP contribution in [0.15, 0.2) is 121 Å². The van der Waals surface area contributed by atoms with E-state index in [1.54, 1.807) is 0 Å². The average Bonchev–Trinajstić information content (AvgIpc) is 2.92. The number of benzene rings is 4. The van der Waals surface area contributed by atoms with Gasteiger partial charge in [0.2, 0.25) is 0 Å². The molecule has 0 fully saturated rings. The molecule has 4 aromatic carbocycles. The Balaban J connectivity index is 0. The van der Waals surface area contributed by atoms with E-state index in [4.69, 9.17) is 4.79 Å². The van der Waals surface area contributed by atoms with Crippen LogP contribution in [0.25, 0.3) is 0 Å². The first kappa shape index (κ1) is 30.5. The Hall–Kier alpha value is -1.75. The molecule has 0 unspecified atom stereocenters. The largest absolute Gasteiger partial charge is 3.00 e. The molecular formula is C31H39OP2RhSi. The summed E-state index contributed by atoms with van der Waals surface area (Å²) in [5.41, 5.74) is 0. The van der Waals surface area contributed by atoms with Crippen molar-refractivity contribution >= 4 is 51.9 Å². The van der Waals surface area contributed by atoms with Gasteiger partial charge in [0.25, 0.3) is 0 Å². The SMILES string of the molecule is C=O.C[Si](C)(CCP(c1ccccc1)c1ccccc1)CCP(c1ccccc1)c1ccccc1.[H-].[H-].[H-].[Rh+3]. The van der Waals surface area contributed by atoms with E-state index in [9.17, 15) is 0 Å². The minimum atomic E-state index is -1.33. The summed E-state index contributed by atoms with van der Waals surface area (Å²) in [6, 6.07) is 47.5. The fourth-order valence-electron chi connectivity index (χ4n) is 4.20. The summed E-state index contributed by atoms with van der Waals surface area (Å²) >= 11 is 0. The van der Waals surface area contributed by atoms with Crippen molar-refractivity contribution in [3.63, 3.8) is 0 Å². The van der Waals surface area contributed by atoms with E-state index >= 15 is 0 Å². The zero-order valence-electron chi connectivity index (χ0n) is 24.2. The summed E-state index contributed by atoms with van der Waals surface area (Å²) in [5.74, 6) is 0. The normalized spacial score (nSPS) is 10.9. The first-order valence-electron chi connectivity index (χ1n) is 12.2. The molecule has 36 heavy (non-hydrogen) atoms. The summed E-state index contributed by atoms with van der Waals surface area (Å²) in [4.78, 5) is 8.00. The van der Waals surface area contributed by atoms with Crippen molar-refractivity contribution in [2.24, 2.45) is 0 Å². The van der Waals surface area contributed by atoms with Crippen molar-refractivity contribution < 1.29 is 28.6 Å². The van der Waals surface area contributed by atoms with Crippen LogP contribution in [0.2, 0.25) is 25.2 Å². The van der Waals surface area contributed by atoms with E-state index in [-0.39, 0.29) is 39.6 Å². The predicted octanol–water partition coefficient (Wildman–Crippen LogP) is 7.11. The molecule has 0 radical (unpaired) electrons. The van der Waals surface area contributed by atoms with Gasteiger partial charge in [-0.15, -0.1) is 0 Å². The molecule has 4 aromatic rings. The molecule has 0 saturated heterocycles. The number of hydrogen-bond donors (Lipinski definition) is 0. The van der Waals surface area contributed by atoms with Gasteiger partial charge in [0, 0.05) is 8.07 Å². The number of carbonyl (C=O) groups excluding carboxylic acids is 1. The van der Waals surface area contributed by atoms with E-state index < -0.39 is 8.07 Å². The standard InChI is InChI=1S/C30H34P2Si.CH2O.Rh.3H/c1-33(2,25-23-31(27-15-7-3-8-16-27)28-17-9-4-10-18-28)26-24-32(29-19-11-5-12-20-29)30-21-13-6-14-22-30;1-2;;;;/h3-22H,23-26H2,1-2H3;1H2;;;;/q;;+3;3*-1. The van der Waals surface area contributed by atoms with Crippen LogP contribution < -0.4 is 21.2 Å². The Kier molecular flexibility index (Phi) is 13.7. The molecule has 4 rings (SSSR count). The van der Waals surface area contributed by atoms with Gasteiger partial charge in [0.05, 0.1) is 0 Å². The Morgan fingerprint density at radius 1 is 0.528 bits per heavy atom. The van der Waals surface area contributed by atoms with Gasteiger partial charge < -0.3 is 9.07 Å². The molecule has 0 amide bonds. The van der Waals surface area contributed by atoms with Crippen LogP contribution in [0.1, 0.15) is 4.28 Å². The summed E-state index contributed by atoms with van der Waals surface area (Å²) in [6.07, 6.45) is 2.61. The maximum absolute atomic E-state index is 8.00. The summed E-state index contributed by atoms with van der Waals surface area (Å²) in [5, 5.41) is 6.05. The summed E-state index contributed by atoms with van der Waals surface area (Å²) < 4.78 is 0. The Labute approximate surface area is 238 Å². The van der Waals surface area contributed by atoms with Gasteiger partial charge in [-0.3, -0.25) is 0 Å². The van der Waals surface area contributed by atoms with Crippen LogP contribution in [0.5, 0.6) is 0 Å². The molecule has 0 atom stereocenters. The van der Waals surface area contributed by atoms with E-state index in [0.717, 1.165) is 0 Å². The van der Waals surface area contributed by atoms with Gasteiger partial charge >= 0.3 is 19.5 Å². The van der Waals surface area contributed by atoms with Gasteiger partial charge in [0.1, 0.15) is 6.79 Å². The second-order valence-electron chi connectivity index (χ2n) is 9.31. The van der Waals surface area contributed by atoms with Gasteiger partial charge in [-0.1, -0.05) is 147 Å². The average molecular weight is 621 g/mol. The van der Waals surface area contributed by atoms with Crippen LogP contribution in [-0.2, 0) is 24.3 Å². The number of rotatable bonds is 10. The van der Waals surface area contributed by atoms with Gasteiger partial charge in [-0.25, -0.2) is 0 Å². The van der Waals surface area contributed by atoms with Crippen molar-refractivity contribution in [3.8, 4) is 0 Å². The second-order valence-corrected chi connectivity index (χ2v) is 19.3. The summed E-state index contributed by atoms with van der Waals surface area (Å²) in [6.45, 7) is 7.22. The first-order chi connectivity index (χ1) is 17.1. The Bertz CT molecular complexity index is 960. The fraction of sp³-hybridized carbons (Fsp3) is 0.194. The van der Waals surface area contributed by atoms with E-state index in [1.165, 1.54) is 45.6 Å². The fourth-order valence-corrected chi connectivity index (χ4v) is 14.8. The minimum absolute atomic E-state index is 0. The third-order valence-corrected chi connectivity index (χ3v) is 15.4. The second kappa shape index (κ2) is 16.2. The molecule has 5 heteroatoms. The molecule has 0 aromatic heterocycles. The first-order valence-corrected chi connectivity index (χ1v) is 18.6. The van der Waals surface area contributed by atoms with Crippen molar-refractivity contribution in [3.05, 3.63) is 121 Å². The zero-order chi connectivity index (χ0) is 24.9. The van der Waals surface area contributed by atoms with Crippen molar-refractivity contribution in [2.45, 2.75) is 25.2 Å². The third-order valence-electron chi connectivity index (χ3n) is 6.30. The topological polar surface area (TPSA) is 17.1 Å². The number of hydrogen-bond acceptors (Lipinski definition) is 1. The molecular weight excluding hydrogens is 581 g/mol. The summed E-state index contributed by atoms with van der Waals surface area (Å²) in [7, 11) is -1.91. The van der Waals surface area contributed by atoms with E-state index in [0.29, 0.717) is 0 Å². The van der Waals surface area contributed by atoms with Crippen LogP contribution in [-0.4, -0.2) is 27.2 Å². The zero-order valence-corrected chi connectivity index (χ0v) is 25.6. The van der Waals surface area contributed by atoms with E-state index in [2.05, 4.69) is 134 Å². The van der Waals surface area contributed by atoms with Gasteiger partial charge in [-0.2, -0.15) is 0 Å². The maximum Gasteiger partial charge on any atom is 3.00 e. The molecule has 0 saturated carbocycles. The van der Waals surface area contributed by atoms with Gasteiger partial charge in [0.15, 0.2) is 0 Å². The maximum atomic E-state index is 8.00. The van der Waals surface area contributed by atoms with E-state index in [1.807, 2.05) is 6.79 Å². The van der Waals surface area contributed by atoms with Crippen LogP contribution in [0, 0.1) is 0 Å². The molecule has 0 aliphatic heterocycles. The van der Waals surface area contributed by atoms with Gasteiger partial charge in [-0.05, 0) is 49.4 Å². The van der Waals surface area contributed by atoms with Crippen LogP contribution in [0.4, 0.5) is 0 Å². The molecule has 0 N–H and O–H groups in total. The Morgan fingerprint density at radius 3 is 0.972 bits per heavy atom. The molecule has 1 nitrogen and oxygen atoms in total. The quantitative estimate of drug-likeness (QED) is 0.137. The van der Waals surface area contributed by atoms with Crippen molar-refractivity contribution in [2.75, 3.05) is 12.3 Å². The van der Waals surface area contributed by atoms with Crippen molar-refractivity contribution in [1.82, 2.24) is 0 Å². The minimum Gasteiger partial charge on any atom is -1.00 e. The molecule has 0 bridgehead atoms. The Morgan fingerprint density at radius 2 is 0.750 bits per heavy atom. The van der Waals surface area contributed by atoms with Crippen molar-refractivity contribution in [1.29, 1.82) is 0 Å². The molecule has 0 aliphatic rings. The molecule has 0 aliphatic carbocycles. The number of carbonyl (C=O) groups is 1. The molecule has 0 spiro atoms. The molecule has 0 heterocycles. The van der Waals surface area contributed by atoms with Crippen LogP contribution in [0.3, 0.4) is 0 Å². The molecule has 192 valence electrons. The van der Waals surface area contributed by atoms with Crippen LogP contribution >= 0.6 is 15.8 Å². The monoisotopic (exact) mass is 620 g/mol. The predicted molar refractivity (Wildman–Crippen MR) is 165 cm³/mol. The third kappa shape index (κ3) is 9.28. The smallest absolute Gasteiger partial charge is 1.00 e.